The number of nitrogens with zero attached hydrogens (tertiary/aromatic N) is 2. The summed E-state index contributed by atoms with van der Waals surface area (Å²) in [5, 5.41) is 0.666. The van der Waals surface area contributed by atoms with E-state index in [0.717, 1.165) is 24.6 Å². The molecule has 0 saturated heterocycles. The van der Waals surface area contributed by atoms with E-state index in [1.54, 1.807) is 6.07 Å². The average Bonchev–Trinajstić information content (AvgIpc) is 3.08. The maximum atomic E-state index is 12.5. The van der Waals surface area contributed by atoms with E-state index >= 15 is 0 Å². The highest BCUT2D eigenvalue weighted by Gasteiger charge is 2.31. The number of sulfone groups is 2. The highest BCUT2D eigenvalue weighted by molar-refractivity contribution is 7.91. The maximum absolute atomic E-state index is 12.5. The van der Waals surface area contributed by atoms with Crippen molar-refractivity contribution in [3.8, 4) is 0 Å². The fourth-order valence-corrected chi connectivity index (χ4v) is 5.68. The van der Waals surface area contributed by atoms with Gasteiger partial charge >= 0.3 is 0 Å². The molecule has 9 heteroatoms. The smallest absolute Gasteiger partial charge is 0.193 e. The summed E-state index contributed by atoms with van der Waals surface area (Å²) in [5.41, 5.74) is 2.89. The van der Waals surface area contributed by atoms with Crippen LogP contribution in [-0.2, 0) is 32.5 Å². The summed E-state index contributed by atoms with van der Waals surface area (Å²) in [6.07, 6.45) is 3.61. The van der Waals surface area contributed by atoms with Crippen LogP contribution in [0.5, 0.6) is 0 Å². The molecule has 0 aliphatic carbocycles. The summed E-state index contributed by atoms with van der Waals surface area (Å²) < 4.78 is 49.5. The maximum Gasteiger partial charge on any atom is 0.193 e. The molecule has 0 atom stereocenters. The first kappa shape index (κ1) is 22.5. The number of para-hydroxylation sites is 1. The molecule has 30 heavy (non-hydrogen) atoms. The van der Waals surface area contributed by atoms with Gasteiger partial charge in [-0.1, -0.05) is 42.5 Å². The second kappa shape index (κ2) is 8.17. The largest absolute Gasteiger partial charge is 0.370 e. The van der Waals surface area contributed by atoms with Gasteiger partial charge in [-0.05, 0) is 24.5 Å². The molecular weight excluding hydrogens is 444 g/mol. The van der Waals surface area contributed by atoms with Crippen LogP contribution in [0, 0.1) is 0 Å². The van der Waals surface area contributed by atoms with E-state index in [-0.39, 0.29) is 27.8 Å². The van der Waals surface area contributed by atoms with Gasteiger partial charge in [-0.15, -0.1) is 12.4 Å². The van der Waals surface area contributed by atoms with Crippen molar-refractivity contribution in [1.82, 2.24) is 4.98 Å². The van der Waals surface area contributed by atoms with Crippen molar-refractivity contribution < 1.29 is 16.8 Å². The molecular formula is C21H23ClN2O4S2. The van der Waals surface area contributed by atoms with E-state index in [2.05, 4.69) is 22.0 Å². The van der Waals surface area contributed by atoms with Crippen LogP contribution in [-0.4, -0.2) is 47.4 Å². The van der Waals surface area contributed by atoms with Gasteiger partial charge in [-0.25, -0.2) is 21.8 Å². The zero-order chi connectivity index (χ0) is 20.8. The molecule has 4 rings (SSSR count). The number of anilines is 1. The van der Waals surface area contributed by atoms with Crippen LogP contribution in [0.15, 0.2) is 58.5 Å². The Labute approximate surface area is 183 Å². The third-order valence-corrected chi connectivity index (χ3v) is 7.39. The second-order valence-corrected chi connectivity index (χ2v) is 11.3. The van der Waals surface area contributed by atoms with Gasteiger partial charge < -0.3 is 4.90 Å². The van der Waals surface area contributed by atoms with E-state index in [9.17, 15) is 16.8 Å². The molecule has 1 aromatic heterocycles. The Bertz CT molecular complexity index is 1310. The lowest BCUT2D eigenvalue weighted by Gasteiger charge is -2.22. The van der Waals surface area contributed by atoms with Gasteiger partial charge in [0.25, 0.3) is 0 Å². The lowest BCUT2D eigenvalue weighted by Crippen LogP contribution is -2.23. The molecule has 0 bridgehead atoms. The zero-order valence-corrected chi connectivity index (χ0v) is 19.1. The fraction of sp³-hybridized carbons (Fsp3) is 0.286. The molecule has 0 amide bonds. The summed E-state index contributed by atoms with van der Waals surface area (Å²) >= 11 is 0. The number of benzene rings is 2. The monoisotopic (exact) mass is 466 g/mol. The number of pyridine rings is 1. The van der Waals surface area contributed by atoms with Crippen LogP contribution in [0.2, 0.25) is 0 Å². The fourth-order valence-electron chi connectivity index (χ4n) is 3.94. The Morgan fingerprint density at radius 3 is 2.27 bits per heavy atom. The number of hydrogen-bond acceptors (Lipinski definition) is 6. The predicted molar refractivity (Wildman–Crippen MR) is 121 cm³/mol. The number of aromatic nitrogens is 1. The van der Waals surface area contributed by atoms with E-state index in [0.29, 0.717) is 30.5 Å². The lowest BCUT2D eigenvalue weighted by molar-refractivity contribution is 0.596. The van der Waals surface area contributed by atoms with E-state index in [1.807, 2.05) is 24.3 Å². The van der Waals surface area contributed by atoms with E-state index in [4.69, 9.17) is 0 Å². The molecule has 160 valence electrons. The Morgan fingerprint density at radius 2 is 1.63 bits per heavy atom. The van der Waals surface area contributed by atoms with Crippen molar-refractivity contribution in [1.29, 1.82) is 0 Å². The number of rotatable bonds is 5. The Kier molecular flexibility index (Phi) is 6.13. The minimum atomic E-state index is -3.60. The molecule has 3 aromatic rings. The summed E-state index contributed by atoms with van der Waals surface area (Å²) in [4.78, 5) is 6.54. The highest BCUT2D eigenvalue weighted by atomic mass is 35.5. The molecule has 2 aromatic carbocycles. The standard InChI is InChI=1S/C21H22N2O4S2.ClH/c1-28(24,25)18-10-6-9-16-19(18)22-21(29(2,26)27)17-12-14-23(20(16)17)13-11-15-7-4-3-5-8-15;/h3-10H,11-14H2,1-2H3;1H. The van der Waals surface area contributed by atoms with Gasteiger partial charge in [-0.2, -0.15) is 0 Å². The van der Waals surface area contributed by atoms with Gasteiger partial charge in [-0.3, -0.25) is 0 Å². The molecule has 0 fully saturated rings. The van der Waals surface area contributed by atoms with Gasteiger partial charge in [0.05, 0.1) is 16.1 Å². The Balaban J connectivity index is 0.00000256. The summed E-state index contributed by atoms with van der Waals surface area (Å²) in [6, 6.07) is 15.1. The van der Waals surface area contributed by atoms with Gasteiger partial charge in [0, 0.05) is 36.6 Å². The second-order valence-electron chi connectivity index (χ2n) is 7.41. The number of hydrogen-bond donors (Lipinski definition) is 0. The van der Waals surface area contributed by atoms with Crippen LogP contribution < -0.4 is 4.90 Å². The van der Waals surface area contributed by atoms with Crippen LogP contribution in [0.25, 0.3) is 10.9 Å². The molecule has 0 unspecified atom stereocenters. The van der Waals surface area contributed by atoms with Crippen LogP contribution >= 0.6 is 12.4 Å². The molecule has 0 saturated carbocycles. The number of halogens is 1. The topological polar surface area (TPSA) is 84.4 Å². The molecule has 1 aliphatic heterocycles. The third kappa shape index (κ3) is 4.17. The van der Waals surface area contributed by atoms with Crippen molar-refractivity contribution in [3.05, 3.63) is 59.7 Å². The van der Waals surface area contributed by atoms with Crippen LogP contribution in [0.3, 0.4) is 0 Å². The van der Waals surface area contributed by atoms with Crippen molar-refractivity contribution in [3.63, 3.8) is 0 Å². The molecule has 6 nitrogen and oxygen atoms in total. The van der Waals surface area contributed by atoms with E-state index < -0.39 is 19.7 Å². The van der Waals surface area contributed by atoms with Crippen molar-refractivity contribution >= 4 is 48.7 Å². The molecule has 0 radical (unpaired) electrons. The predicted octanol–water partition coefficient (Wildman–Crippen LogP) is 3.07. The van der Waals surface area contributed by atoms with Crippen LogP contribution in [0.1, 0.15) is 11.1 Å². The molecule has 0 N–H and O–H groups in total. The number of fused-ring (bicyclic) bond motifs is 3. The minimum Gasteiger partial charge on any atom is -0.370 e. The first-order chi connectivity index (χ1) is 13.7. The third-order valence-electron chi connectivity index (χ3n) is 5.22. The highest BCUT2D eigenvalue weighted by Crippen LogP contribution is 2.40. The summed E-state index contributed by atoms with van der Waals surface area (Å²) in [5.74, 6) is 0. The normalized spacial score (nSPS) is 13.9. The van der Waals surface area contributed by atoms with Gasteiger partial charge in [0.15, 0.2) is 24.7 Å². The minimum absolute atomic E-state index is 0. The lowest BCUT2D eigenvalue weighted by atomic mass is 10.1. The van der Waals surface area contributed by atoms with Crippen molar-refractivity contribution in [2.75, 3.05) is 30.5 Å². The van der Waals surface area contributed by atoms with E-state index in [1.165, 1.54) is 11.6 Å². The summed E-state index contributed by atoms with van der Waals surface area (Å²) in [7, 11) is -7.16. The average molecular weight is 467 g/mol. The Hall–Kier alpha value is -2.16. The Morgan fingerprint density at radius 1 is 0.933 bits per heavy atom. The van der Waals surface area contributed by atoms with Gasteiger partial charge in [0.1, 0.15) is 0 Å². The zero-order valence-electron chi connectivity index (χ0n) is 16.7. The van der Waals surface area contributed by atoms with Crippen LogP contribution in [0.4, 0.5) is 5.69 Å². The van der Waals surface area contributed by atoms with Crippen molar-refractivity contribution in [2.45, 2.75) is 22.8 Å². The molecule has 2 heterocycles. The SMILES string of the molecule is CS(=O)(=O)c1nc2c(S(C)(=O)=O)cccc2c2c1CCN2CCc1ccccc1.Cl. The first-order valence-electron chi connectivity index (χ1n) is 9.31. The van der Waals surface area contributed by atoms with Crippen molar-refractivity contribution in [2.24, 2.45) is 0 Å². The van der Waals surface area contributed by atoms with Gasteiger partial charge in [0.2, 0.25) is 0 Å². The molecule has 1 aliphatic rings. The first-order valence-corrected chi connectivity index (χ1v) is 13.1. The summed E-state index contributed by atoms with van der Waals surface area (Å²) in [6.45, 7) is 1.39. The molecule has 0 spiro atoms. The quantitative estimate of drug-likeness (QED) is 0.574.